The molecule has 0 aliphatic rings. The van der Waals surface area contributed by atoms with Crippen LogP contribution in [0.2, 0.25) is 0 Å². The van der Waals surface area contributed by atoms with Crippen LogP contribution < -0.4 is 5.32 Å². The molecule has 0 spiro atoms. The number of nitrogens with zero attached hydrogens (tertiary/aromatic N) is 2. The van der Waals surface area contributed by atoms with E-state index in [1.54, 1.807) is 11.1 Å². The molecule has 1 aromatic rings. The summed E-state index contributed by atoms with van der Waals surface area (Å²) in [5, 5.41) is 2.77. The average Bonchev–Trinajstić information content (AvgIpc) is 2.76. The molecule has 0 bridgehead atoms. The molecule has 0 aromatic carbocycles. The summed E-state index contributed by atoms with van der Waals surface area (Å²) < 4.78 is 5.39. The smallest absolute Gasteiger partial charge is 0.317 e. The molecule has 0 saturated heterocycles. The van der Waals surface area contributed by atoms with Crippen molar-refractivity contribution >= 4 is 6.03 Å². The number of hydrogen-bond donors (Lipinski definition) is 1. The number of oxazole rings is 1. The van der Waals surface area contributed by atoms with Gasteiger partial charge in [0.25, 0.3) is 0 Å². The summed E-state index contributed by atoms with van der Waals surface area (Å²) in [4.78, 5) is 17.4. The number of carbonyl (C=O) groups excluding carboxylic acids is 1. The lowest BCUT2D eigenvalue weighted by molar-refractivity contribution is 0.201. The lowest BCUT2D eigenvalue weighted by atomic mass is 10.4. The molecular weight excluding hydrogens is 206 g/mol. The molecule has 0 unspecified atom stereocenters. The van der Waals surface area contributed by atoms with Gasteiger partial charge < -0.3 is 14.6 Å². The van der Waals surface area contributed by atoms with E-state index in [9.17, 15) is 4.79 Å². The number of hydrogen-bond acceptors (Lipinski definition) is 3. The second-order valence-corrected chi connectivity index (χ2v) is 3.40. The zero-order chi connectivity index (χ0) is 12.0. The lowest BCUT2D eigenvalue weighted by Gasteiger charge is -2.18. The van der Waals surface area contributed by atoms with Gasteiger partial charge in [0.05, 0.1) is 12.7 Å². The number of aromatic nitrogens is 1. The third kappa shape index (κ3) is 3.25. The van der Waals surface area contributed by atoms with E-state index in [4.69, 9.17) is 4.42 Å². The summed E-state index contributed by atoms with van der Waals surface area (Å²) in [5.41, 5.74) is 0. The third-order valence-corrected chi connectivity index (χ3v) is 2.39. The van der Waals surface area contributed by atoms with Gasteiger partial charge in [-0.15, -0.1) is 0 Å². The maximum atomic E-state index is 11.6. The first kappa shape index (κ1) is 12.5. The quantitative estimate of drug-likeness (QED) is 0.831. The predicted molar refractivity (Wildman–Crippen MR) is 61.0 cm³/mol. The van der Waals surface area contributed by atoms with E-state index in [2.05, 4.69) is 10.3 Å². The molecule has 16 heavy (non-hydrogen) atoms. The largest absolute Gasteiger partial charge is 0.444 e. The third-order valence-electron chi connectivity index (χ3n) is 2.39. The predicted octanol–water partition coefficient (Wildman–Crippen LogP) is 1.79. The van der Waals surface area contributed by atoms with E-state index in [0.29, 0.717) is 25.5 Å². The zero-order valence-corrected chi connectivity index (χ0v) is 10.1. The number of aryl methyl sites for hydroxylation is 1. The number of amides is 2. The van der Waals surface area contributed by atoms with Crippen molar-refractivity contribution in [3.63, 3.8) is 0 Å². The van der Waals surface area contributed by atoms with Crippen LogP contribution in [0.1, 0.15) is 32.4 Å². The van der Waals surface area contributed by atoms with Gasteiger partial charge in [0.15, 0.2) is 0 Å². The van der Waals surface area contributed by atoms with Gasteiger partial charge in [0.1, 0.15) is 5.76 Å². The van der Waals surface area contributed by atoms with Crippen LogP contribution in [0.15, 0.2) is 10.6 Å². The molecule has 1 aromatic heterocycles. The molecule has 0 radical (unpaired) electrons. The van der Waals surface area contributed by atoms with Crippen LogP contribution in [0, 0.1) is 0 Å². The molecule has 0 aliphatic heterocycles. The Morgan fingerprint density at radius 2 is 2.12 bits per heavy atom. The second kappa shape index (κ2) is 6.15. The van der Waals surface area contributed by atoms with Crippen molar-refractivity contribution in [1.29, 1.82) is 0 Å². The molecule has 5 heteroatoms. The van der Waals surface area contributed by atoms with Gasteiger partial charge in [-0.3, -0.25) is 0 Å². The number of carbonyl (C=O) groups is 1. The van der Waals surface area contributed by atoms with Crippen LogP contribution in [-0.4, -0.2) is 29.0 Å². The molecule has 0 saturated carbocycles. The molecule has 1 heterocycles. The molecule has 1 rings (SSSR count). The Labute approximate surface area is 95.8 Å². The Kier molecular flexibility index (Phi) is 4.82. The second-order valence-electron chi connectivity index (χ2n) is 3.40. The van der Waals surface area contributed by atoms with Gasteiger partial charge >= 0.3 is 6.03 Å². The van der Waals surface area contributed by atoms with Gasteiger partial charge in [-0.05, 0) is 13.8 Å². The SMILES string of the molecule is CCc1cnc(CNC(=O)N(CC)CC)o1. The first-order chi connectivity index (χ1) is 7.71. The fourth-order valence-corrected chi connectivity index (χ4v) is 1.37. The topological polar surface area (TPSA) is 58.4 Å². The van der Waals surface area contributed by atoms with Crippen molar-refractivity contribution in [2.24, 2.45) is 0 Å². The molecule has 1 N–H and O–H groups in total. The van der Waals surface area contributed by atoms with Crippen LogP contribution in [0.5, 0.6) is 0 Å². The van der Waals surface area contributed by atoms with E-state index < -0.39 is 0 Å². The summed E-state index contributed by atoms with van der Waals surface area (Å²) >= 11 is 0. The van der Waals surface area contributed by atoms with Gasteiger partial charge in [-0.25, -0.2) is 9.78 Å². The normalized spacial score (nSPS) is 10.2. The van der Waals surface area contributed by atoms with Gasteiger partial charge in [0, 0.05) is 19.5 Å². The Morgan fingerprint density at radius 1 is 1.44 bits per heavy atom. The maximum Gasteiger partial charge on any atom is 0.317 e. The molecule has 5 nitrogen and oxygen atoms in total. The van der Waals surface area contributed by atoms with Crippen LogP contribution in [0.25, 0.3) is 0 Å². The van der Waals surface area contributed by atoms with Crippen molar-refractivity contribution in [3.05, 3.63) is 17.8 Å². The summed E-state index contributed by atoms with van der Waals surface area (Å²) in [7, 11) is 0. The number of urea groups is 1. The van der Waals surface area contributed by atoms with E-state index in [-0.39, 0.29) is 6.03 Å². The first-order valence-electron chi connectivity index (χ1n) is 5.67. The molecule has 0 fully saturated rings. The maximum absolute atomic E-state index is 11.6. The fraction of sp³-hybridized carbons (Fsp3) is 0.636. The van der Waals surface area contributed by atoms with E-state index in [1.807, 2.05) is 20.8 Å². The first-order valence-corrected chi connectivity index (χ1v) is 5.67. The Balaban J connectivity index is 2.41. The minimum Gasteiger partial charge on any atom is -0.444 e. The molecule has 90 valence electrons. The highest BCUT2D eigenvalue weighted by Crippen LogP contribution is 2.03. The highest BCUT2D eigenvalue weighted by atomic mass is 16.4. The highest BCUT2D eigenvalue weighted by molar-refractivity contribution is 5.73. The summed E-state index contributed by atoms with van der Waals surface area (Å²) in [6.07, 6.45) is 2.51. The molecular formula is C11H19N3O2. The van der Waals surface area contributed by atoms with Crippen molar-refractivity contribution in [1.82, 2.24) is 15.2 Å². The van der Waals surface area contributed by atoms with Crippen molar-refractivity contribution < 1.29 is 9.21 Å². The van der Waals surface area contributed by atoms with Crippen molar-refractivity contribution in [3.8, 4) is 0 Å². The van der Waals surface area contributed by atoms with Gasteiger partial charge in [-0.1, -0.05) is 6.92 Å². The Hall–Kier alpha value is -1.52. The van der Waals surface area contributed by atoms with Crippen LogP contribution in [-0.2, 0) is 13.0 Å². The summed E-state index contributed by atoms with van der Waals surface area (Å²) in [6.45, 7) is 7.64. The standard InChI is InChI=1S/C11H19N3O2/c1-4-9-7-12-10(16-9)8-13-11(15)14(5-2)6-3/h7H,4-6,8H2,1-3H3,(H,13,15). The molecule has 0 aliphatic carbocycles. The molecule has 0 atom stereocenters. The Morgan fingerprint density at radius 3 is 2.62 bits per heavy atom. The molecule has 2 amide bonds. The highest BCUT2D eigenvalue weighted by Gasteiger charge is 2.10. The number of rotatable bonds is 5. The summed E-state index contributed by atoms with van der Waals surface area (Å²) in [5.74, 6) is 1.39. The van der Waals surface area contributed by atoms with Gasteiger partial charge in [-0.2, -0.15) is 0 Å². The minimum atomic E-state index is -0.0822. The fourth-order valence-electron chi connectivity index (χ4n) is 1.37. The van der Waals surface area contributed by atoms with Crippen molar-refractivity contribution in [2.75, 3.05) is 13.1 Å². The van der Waals surface area contributed by atoms with Crippen LogP contribution in [0.4, 0.5) is 4.79 Å². The van der Waals surface area contributed by atoms with E-state index in [0.717, 1.165) is 12.2 Å². The van der Waals surface area contributed by atoms with E-state index >= 15 is 0 Å². The van der Waals surface area contributed by atoms with Gasteiger partial charge in [0.2, 0.25) is 5.89 Å². The average molecular weight is 225 g/mol. The summed E-state index contributed by atoms with van der Waals surface area (Å²) in [6, 6.07) is -0.0822. The lowest BCUT2D eigenvalue weighted by Crippen LogP contribution is -2.39. The zero-order valence-electron chi connectivity index (χ0n) is 10.1. The Bertz CT molecular complexity index is 332. The monoisotopic (exact) mass is 225 g/mol. The van der Waals surface area contributed by atoms with E-state index in [1.165, 1.54) is 0 Å². The van der Waals surface area contributed by atoms with Crippen molar-refractivity contribution in [2.45, 2.75) is 33.7 Å². The van der Waals surface area contributed by atoms with Crippen LogP contribution >= 0.6 is 0 Å². The minimum absolute atomic E-state index is 0.0822. The number of nitrogens with one attached hydrogen (secondary N) is 1. The van der Waals surface area contributed by atoms with Crippen LogP contribution in [0.3, 0.4) is 0 Å².